The molecule has 10 nitrogen and oxygen atoms in total. The predicted molar refractivity (Wildman–Crippen MR) is 110 cm³/mol. The number of methoxy groups -OCH3 is 1. The molecule has 2 saturated heterocycles. The van der Waals surface area contributed by atoms with E-state index in [0.29, 0.717) is 29.2 Å². The number of fused-ring (bicyclic) bond motifs is 4. The van der Waals surface area contributed by atoms with Gasteiger partial charge >= 0.3 is 6.09 Å². The second-order valence-electron chi connectivity index (χ2n) is 8.17. The minimum Gasteiger partial charge on any atom is -0.449 e. The minimum atomic E-state index is -0.993. The van der Waals surface area contributed by atoms with Gasteiger partial charge in [-0.25, -0.2) is 4.79 Å². The lowest BCUT2D eigenvalue weighted by molar-refractivity contribution is -0.137. The summed E-state index contributed by atoms with van der Waals surface area (Å²) in [6.45, 7) is 1.98. The second-order valence-corrected chi connectivity index (χ2v) is 8.17. The molecule has 0 spiro atoms. The zero-order chi connectivity index (χ0) is 22.1. The van der Waals surface area contributed by atoms with Crippen LogP contribution in [-0.2, 0) is 19.1 Å². The number of amides is 1. The van der Waals surface area contributed by atoms with Crippen LogP contribution < -0.4 is 22.1 Å². The summed E-state index contributed by atoms with van der Waals surface area (Å²) in [6, 6.07) is 6.92. The number of rotatable bonds is 5. The number of nitrogen functional groups attached to an aromatic ring is 1. The van der Waals surface area contributed by atoms with E-state index in [1.807, 2.05) is 4.90 Å². The Morgan fingerprint density at radius 2 is 2.00 bits per heavy atom. The largest absolute Gasteiger partial charge is 0.449 e. The maximum Gasteiger partial charge on any atom is 0.404 e. The summed E-state index contributed by atoms with van der Waals surface area (Å²) in [4.78, 5) is 40.3. The van der Waals surface area contributed by atoms with Crippen LogP contribution in [0.4, 0.5) is 16.2 Å². The van der Waals surface area contributed by atoms with Gasteiger partial charge in [-0.3, -0.25) is 9.59 Å². The number of hydrogen-bond acceptors (Lipinski definition) is 9. The van der Waals surface area contributed by atoms with Gasteiger partial charge in [0.05, 0.1) is 23.4 Å². The van der Waals surface area contributed by atoms with Crippen molar-refractivity contribution < 1.29 is 23.9 Å². The van der Waals surface area contributed by atoms with E-state index in [2.05, 4.69) is 10.6 Å². The standard InChI is InChI=1S/C21H23N5O5/c1-9-15(24-11-5-3-10(22)4-6-11)18(28)14-12(8-31-20(23)29)21(30-2)19-13(25-19)7-26(21)16(14)17(9)27/h3-6,12-13,19,24-25H,7-8,22H2,1-2H3,(H2,23,29)/t12-,13+,19+,21-/m1/s1. The first-order chi connectivity index (χ1) is 14.8. The molecule has 4 atom stereocenters. The van der Waals surface area contributed by atoms with Crippen LogP contribution in [0.2, 0.25) is 0 Å². The first kappa shape index (κ1) is 19.6. The third-order valence-electron chi connectivity index (χ3n) is 6.61. The van der Waals surface area contributed by atoms with Crippen LogP contribution in [0.3, 0.4) is 0 Å². The van der Waals surface area contributed by atoms with E-state index in [4.69, 9.17) is 20.9 Å². The fraction of sp³-hybridized carbons (Fsp3) is 0.381. The fourth-order valence-corrected chi connectivity index (χ4v) is 5.15. The number of nitrogens with zero attached hydrogens (tertiary/aromatic N) is 1. The highest BCUT2D eigenvalue weighted by Gasteiger charge is 2.72. The van der Waals surface area contributed by atoms with E-state index < -0.39 is 17.7 Å². The van der Waals surface area contributed by atoms with Crippen molar-refractivity contribution in [3.63, 3.8) is 0 Å². The van der Waals surface area contributed by atoms with Gasteiger partial charge in [-0.1, -0.05) is 0 Å². The monoisotopic (exact) mass is 425 g/mol. The summed E-state index contributed by atoms with van der Waals surface area (Å²) in [6.07, 6.45) is -0.952. The van der Waals surface area contributed by atoms with Crippen molar-refractivity contribution in [1.29, 1.82) is 0 Å². The smallest absolute Gasteiger partial charge is 0.404 e. The molecule has 1 aromatic carbocycles. The molecule has 4 aliphatic rings. The van der Waals surface area contributed by atoms with Crippen LogP contribution in [0.5, 0.6) is 0 Å². The molecule has 1 aromatic rings. The number of carbonyl (C=O) groups excluding carboxylic acids is 3. The number of ether oxygens (including phenoxy) is 2. The molecule has 162 valence electrons. The van der Waals surface area contributed by atoms with Crippen molar-refractivity contribution in [2.24, 2.45) is 11.7 Å². The first-order valence-corrected chi connectivity index (χ1v) is 9.97. The van der Waals surface area contributed by atoms with Crippen LogP contribution in [0.25, 0.3) is 0 Å². The summed E-state index contributed by atoms with van der Waals surface area (Å²) in [5.41, 5.74) is 12.3. The average molecular weight is 425 g/mol. The molecular weight excluding hydrogens is 402 g/mol. The molecule has 1 aliphatic carbocycles. The average Bonchev–Trinajstić information content (AvgIpc) is 3.35. The molecule has 0 bridgehead atoms. The molecular formula is C21H23N5O5. The van der Waals surface area contributed by atoms with Gasteiger partial charge in [-0.2, -0.15) is 0 Å². The topological polar surface area (TPSA) is 159 Å². The molecule has 0 saturated carbocycles. The van der Waals surface area contributed by atoms with Crippen molar-refractivity contribution in [2.75, 3.05) is 31.3 Å². The Kier molecular flexibility index (Phi) is 4.15. The SMILES string of the molecule is CO[C@@]12[C@H](COC(N)=O)C3=C(C(=O)C(C)=C(Nc4ccc(N)cc4)C3=O)N1C[C@@H]1N[C@@H]12. The molecule has 3 aliphatic heterocycles. The Labute approximate surface area is 178 Å². The number of primary amides is 1. The number of ketones is 2. The summed E-state index contributed by atoms with van der Waals surface area (Å²) < 4.78 is 11.1. The lowest BCUT2D eigenvalue weighted by Gasteiger charge is -2.39. The first-order valence-electron chi connectivity index (χ1n) is 9.97. The number of allylic oxidation sites excluding steroid dienone is 2. The van der Waals surface area contributed by atoms with Gasteiger partial charge in [0.25, 0.3) is 0 Å². The molecule has 31 heavy (non-hydrogen) atoms. The quantitative estimate of drug-likeness (QED) is 0.291. The van der Waals surface area contributed by atoms with Crippen molar-refractivity contribution in [2.45, 2.75) is 24.7 Å². The molecule has 2 fully saturated rings. The van der Waals surface area contributed by atoms with E-state index in [9.17, 15) is 14.4 Å². The highest BCUT2D eigenvalue weighted by molar-refractivity contribution is 6.26. The van der Waals surface area contributed by atoms with Crippen LogP contribution in [-0.4, -0.2) is 60.6 Å². The van der Waals surface area contributed by atoms with E-state index in [0.717, 1.165) is 0 Å². The Hall–Kier alpha value is -3.37. The zero-order valence-corrected chi connectivity index (χ0v) is 17.1. The molecule has 3 heterocycles. The van der Waals surface area contributed by atoms with Crippen LogP contribution in [0, 0.1) is 5.92 Å². The van der Waals surface area contributed by atoms with E-state index >= 15 is 0 Å². The van der Waals surface area contributed by atoms with Crippen LogP contribution in [0.15, 0.2) is 46.8 Å². The van der Waals surface area contributed by atoms with Gasteiger partial charge in [0.2, 0.25) is 11.6 Å². The normalized spacial score (nSPS) is 30.9. The third-order valence-corrected chi connectivity index (χ3v) is 6.61. The number of carbonyl (C=O) groups is 3. The van der Waals surface area contributed by atoms with Crippen LogP contribution >= 0.6 is 0 Å². The number of nitrogens with one attached hydrogen (secondary N) is 2. The van der Waals surface area contributed by atoms with E-state index in [-0.39, 0.29) is 41.5 Å². The maximum absolute atomic E-state index is 13.7. The Bertz CT molecular complexity index is 1080. The highest BCUT2D eigenvalue weighted by Crippen LogP contribution is 2.55. The summed E-state index contributed by atoms with van der Waals surface area (Å²) in [5, 5.41) is 6.39. The molecule has 6 N–H and O–H groups in total. The van der Waals surface area contributed by atoms with Crippen molar-refractivity contribution in [3.8, 4) is 0 Å². The summed E-state index contributed by atoms with van der Waals surface area (Å²) in [5.74, 6) is -1.25. The third kappa shape index (κ3) is 2.61. The van der Waals surface area contributed by atoms with Gasteiger partial charge in [0, 0.05) is 42.2 Å². The molecule has 1 amide bonds. The molecule has 5 rings (SSSR count). The van der Waals surface area contributed by atoms with Crippen molar-refractivity contribution >= 4 is 29.0 Å². The molecule has 0 radical (unpaired) electrons. The van der Waals surface area contributed by atoms with Crippen LogP contribution in [0.1, 0.15) is 6.92 Å². The van der Waals surface area contributed by atoms with Gasteiger partial charge in [0.1, 0.15) is 6.61 Å². The lowest BCUT2D eigenvalue weighted by atomic mass is 9.82. The highest BCUT2D eigenvalue weighted by atomic mass is 16.6. The maximum atomic E-state index is 13.7. The molecule has 10 heteroatoms. The van der Waals surface area contributed by atoms with E-state index in [1.54, 1.807) is 31.2 Å². The molecule has 0 aromatic heterocycles. The number of nitrogens with two attached hydrogens (primary N) is 2. The lowest BCUT2D eigenvalue weighted by Crippen LogP contribution is -2.55. The predicted octanol–water partition coefficient (Wildman–Crippen LogP) is 0.0844. The Balaban J connectivity index is 1.56. The van der Waals surface area contributed by atoms with Gasteiger partial charge in [0.15, 0.2) is 5.72 Å². The Morgan fingerprint density at radius 3 is 2.65 bits per heavy atom. The van der Waals surface area contributed by atoms with E-state index in [1.165, 1.54) is 7.11 Å². The Morgan fingerprint density at radius 1 is 1.29 bits per heavy atom. The molecule has 0 unspecified atom stereocenters. The van der Waals surface area contributed by atoms with Gasteiger partial charge in [-0.15, -0.1) is 0 Å². The van der Waals surface area contributed by atoms with Crippen molar-refractivity contribution in [1.82, 2.24) is 10.2 Å². The fourth-order valence-electron chi connectivity index (χ4n) is 5.15. The summed E-state index contributed by atoms with van der Waals surface area (Å²) >= 11 is 0. The number of piperazine rings is 1. The zero-order valence-electron chi connectivity index (χ0n) is 17.1. The minimum absolute atomic E-state index is 0.0843. The number of anilines is 2. The number of Topliss-reactive ketones (excluding diaryl/α,β-unsaturated/α-hetero) is 2. The summed E-state index contributed by atoms with van der Waals surface area (Å²) in [7, 11) is 1.54. The second kappa shape index (κ2) is 6.56. The van der Waals surface area contributed by atoms with Gasteiger partial charge in [-0.05, 0) is 31.2 Å². The number of hydrogen-bond donors (Lipinski definition) is 4. The van der Waals surface area contributed by atoms with Gasteiger partial charge < -0.3 is 36.5 Å². The number of benzene rings is 1. The van der Waals surface area contributed by atoms with Crippen molar-refractivity contribution in [3.05, 3.63) is 46.8 Å².